The van der Waals surface area contributed by atoms with Crippen molar-refractivity contribution in [1.82, 2.24) is 14.8 Å². The second-order valence-corrected chi connectivity index (χ2v) is 10.1. The minimum atomic E-state index is -0.369. The fourth-order valence-electron chi connectivity index (χ4n) is 4.76. The number of methoxy groups -OCH3 is 1. The van der Waals surface area contributed by atoms with Gasteiger partial charge in [0.1, 0.15) is 9.88 Å². The van der Waals surface area contributed by atoms with Crippen LogP contribution in [0.3, 0.4) is 0 Å². The van der Waals surface area contributed by atoms with Crippen LogP contribution in [-0.2, 0) is 21.4 Å². The first-order valence-corrected chi connectivity index (χ1v) is 11.8. The molecule has 32 heavy (non-hydrogen) atoms. The van der Waals surface area contributed by atoms with Crippen molar-refractivity contribution in [1.29, 1.82) is 0 Å². The first-order valence-electron chi connectivity index (χ1n) is 10.6. The SMILES string of the molecule is COC(=O)N1CCC2(C1)CN(C(=O)Cc1ncc(C(=O)N3CCC3)s1)c1ccc(Cl)cc12. The average Bonchev–Trinajstić information content (AvgIpc) is 3.45. The van der Waals surface area contributed by atoms with Crippen LogP contribution in [0.5, 0.6) is 0 Å². The molecule has 10 heteroatoms. The molecule has 0 bridgehead atoms. The summed E-state index contributed by atoms with van der Waals surface area (Å²) < 4.78 is 4.90. The molecule has 1 atom stereocenters. The molecule has 1 spiro atoms. The third-order valence-electron chi connectivity index (χ3n) is 6.58. The van der Waals surface area contributed by atoms with E-state index in [1.807, 2.05) is 12.1 Å². The molecular weight excluding hydrogens is 452 g/mol. The number of likely N-dealkylation sites (tertiary alicyclic amines) is 2. The van der Waals surface area contributed by atoms with Gasteiger partial charge in [-0.05, 0) is 36.6 Å². The van der Waals surface area contributed by atoms with Crippen molar-refractivity contribution in [3.8, 4) is 0 Å². The molecule has 1 aromatic carbocycles. The summed E-state index contributed by atoms with van der Waals surface area (Å²) in [4.78, 5) is 47.9. The van der Waals surface area contributed by atoms with Crippen molar-refractivity contribution < 1.29 is 19.1 Å². The average molecular weight is 475 g/mol. The number of thiazole rings is 1. The number of hydrogen-bond donors (Lipinski definition) is 0. The molecule has 2 fully saturated rings. The first kappa shape index (κ1) is 21.2. The second kappa shape index (κ2) is 8.04. The van der Waals surface area contributed by atoms with E-state index in [0.29, 0.717) is 34.5 Å². The van der Waals surface area contributed by atoms with Gasteiger partial charge < -0.3 is 19.4 Å². The molecule has 3 aliphatic rings. The maximum atomic E-state index is 13.3. The number of ether oxygens (including phenoxy) is 1. The Kier molecular flexibility index (Phi) is 5.33. The lowest BCUT2D eigenvalue weighted by Crippen LogP contribution is -2.41. The van der Waals surface area contributed by atoms with Crippen LogP contribution in [-0.4, -0.2) is 72.5 Å². The predicted molar refractivity (Wildman–Crippen MR) is 120 cm³/mol. The van der Waals surface area contributed by atoms with Crippen molar-refractivity contribution in [2.75, 3.05) is 44.7 Å². The van der Waals surface area contributed by atoms with E-state index in [0.717, 1.165) is 37.2 Å². The number of rotatable bonds is 3. The Labute approximate surface area is 194 Å². The fraction of sp³-hybridized carbons (Fsp3) is 0.455. The number of anilines is 1. The highest BCUT2D eigenvalue weighted by molar-refractivity contribution is 7.13. The second-order valence-electron chi connectivity index (χ2n) is 8.50. The standard InChI is InChI=1S/C22H23ClN4O4S/c1-31-21(30)26-8-5-22(12-26)13-27(16-4-3-14(23)9-15(16)22)19(28)10-18-24-11-17(32-18)20(29)25-6-2-7-25/h3-4,9,11H,2,5-8,10,12-13H2,1H3. The molecule has 0 saturated carbocycles. The van der Waals surface area contributed by atoms with Crippen molar-refractivity contribution in [3.05, 3.63) is 44.9 Å². The Morgan fingerprint density at radius 3 is 2.72 bits per heavy atom. The van der Waals surface area contributed by atoms with E-state index in [1.54, 1.807) is 27.0 Å². The molecule has 0 aliphatic carbocycles. The molecular formula is C22H23ClN4O4S. The van der Waals surface area contributed by atoms with Gasteiger partial charge >= 0.3 is 6.09 Å². The highest BCUT2D eigenvalue weighted by Crippen LogP contribution is 2.47. The summed E-state index contributed by atoms with van der Waals surface area (Å²) in [6.07, 6.45) is 3.08. The maximum absolute atomic E-state index is 13.3. The molecule has 5 rings (SSSR count). The van der Waals surface area contributed by atoms with E-state index < -0.39 is 0 Å². The molecule has 0 N–H and O–H groups in total. The summed E-state index contributed by atoms with van der Waals surface area (Å²) >= 11 is 7.57. The molecule has 8 nitrogen and oxygen atoms in total. The molecule has 2 saturated heterocycles. The highest BCUT2D eigenvalue weighted by Gasteiger charge is 2.50. The quantitative estimate of drug-likeness (QED) is 0.683. The molecule has 0 radical (unpaired) electrons. The van der Waals surface area contributed by atoms with E-state index in [1.165, 1.54) is 18.4 Å². The topological polar surface area (TPSA) is 83.0 Å². The van der Waals surface area contributed by atoms with E-state index in [4.69, 9.17) is 16.3 Å². The van der Waals surface area contributed by atoms with Gasteiger partial charge in [-0.25, -0.2) is 9.78 Å². The number of hydrogen-bond acceptors (Lipinski definition) is 6. The lowest BCUT2D eigenvalue weighted by molar-refractivity contribution is -0.118. The third-order valence-corrected chi connectivity index (χ3v) is 7.80. The smallest absolute Gasteiger partial charge is 0.409 e. The van der Waals surface area contributed by atoms with Gasteiger partial charge in [0.05, 0.1) is 19.7 Å². The fourth-order valence-corrected chi connectivity index (χ4v) is 5.81. The number of fused-ring (bicyclic) bond motifs is 2. The third kappa shape index (κ3) is 3.53. The van der Waals surface area contributed by atoms with Crippen molar-refractivity contribution in [2.45, 2.75) is 24.7 Å². The van der Waals surface area contributed by atoms with Crippen LogP contribution in [0, 0.1) is 0 Å². The van der Waals surface area contributed by atoms with Crippen LogP contribution < -0.4 is 4.90 Å². The minimum Gasteiger partial charge on any atom is -0.453 e. The highest BCUT2D eigenvalue weighted by atomic mass is 35.5. The summed E-state index contributed by atoms with van der Waals surface area (Å²) in [5.41, 5.74) is 1.43. The van der Waals surface area contributed by atoms with Crippen LogP contribution in [0.4, 0.5) is 10.5 Å². The van der Waals surface area contributed by atoms with Gasteiger partial charge in [0.25, 0.3) is 5.91 Å². The number of carbonyl (C=O) groups excluding carboxylic acids is 3. The van der Waals surface area contributed by atoms with E-state index in [9.17, 15) is 14.4 Å². The number of halogens is 1. The molecule has 2 aromatic rings. The summed E-state index contributed by atoms with van der Waals surface area (Å²) in [5.74, 6) is -0.0966. The van der Waals surface area contributed by atoms with Crippen LogP contribution in [0.25, 0.3) is 0 Å². The van der Waals surface area contributed by atoms with Crippen LogP contribution >= 0.6 is 22.9 Å². The van der Waals surface area contributed by atoms with Crippen molar-refractivity contribution >= 4 is 46.5 Å². The Bertz CT molecular complexity index is 1100. The van der Waals surface area contributed by atoms with Gasteiger partial charge in [-0.15, -0.1) is 11.3 Å². The monoisotopic (exact) mass is 474 g/mol. The van der Waals surface area contributed by atoms with Gasteiger partial charge in [0.2, 0.25) is 5.91 Å². The summed E-state index contributed by atoms with van der Waals surface area (Å²) in [6.45, 7) is 3.07. The van der Waals surface area contributed by atoms with Crippen molar-refractivity contribution in [3.63, 3.8) is 0 Å². The van der Waals surface area contributed by atoms with E-state index >= 15 is 0 Å². The lowest BCUT2D eigenvalue weighted by Gasteiger charge is -2.30. The molecule has 3 amide bonds. The molecule has 3 aliphatic heterocycles. The van der Waals surface area contributed by atoms with E-state index in [-0.39, 0.29) is 29.7 Å². The molecule has 4 heterocycles. The Morgan fingerprint density at radius 2 is 2.00 bits per heavy atom. The predicted octanol–water partition coefficient (Wildman–Crippen LogP) is 2.94. The van der Waals surface area contributed by atoms with Crippen LogP contribution in [0.1, 0.15) is 33.1 Å². The van der Waals surface area contributed by atoms with Crippen LogP contribution in [0.2, 0.25) is 5.02 Å². The van der Waals surface area contributed by atoms with Gasteiger partial charge in [0.15, 0.2) is 0 Å². The van der Waals surface area contributed by atoms with Gasteiger partial charge in [-0.3, -0.25) is 9.59 Å². The Balaban J connectivity index is 1.36. The Hall–Kier alpha value is -2.65. The number of benzene rings is 1. The zero-order valence-corrected chi connectivity index (χ0v) is 19.2. The number of nitrogens with zero attached hydrogens (tertiary/aromatic N) is 4. The molecule has 168 valence electrons. The van der Waals surface area contributed by atoms with E-state index in [2.05, 4.69) is 4.98 Å². The Morgan fingerprint density at radius 1 is 1.19 bits per heavy atom. The van der Waals surface area contributed by atoms with Crippen LogP contribution in [0.15, 0.2) is 24.4 Å². The number of amides is 3. The molecule has 1 unspecified atom stereocenters. The van der Waals surface area contributed by atoms with Gasteiger partial charge in [-0.1, -0.05) is 11.6 Å². The zero-order chi connectivity index (χ0) is 22.5. The summed E-state index contributed by atoms with van der Waals surface area (Å²) in [5, 5.41) is 1.22. The molecule has 1 aromatic heterocycles. The number of carbonyl (C=O) groups is 3. The normalized spacial score (nSPS) is 21.6. The summed E-state index contributed by atoms with van der Waals surface area (Å²) in [7, 11) is 1.37. The zero-order valence-electron chi connectivity index (χ0n) is 17.7. The summed E-state index contributed by atoms with van der Waals surface area (Å²) in [6, 6.07) is 5.55. The largest absolute Gasteiger partial charge is 0.453 e. The number of aromatic nitrogens is 1. The van der Waals surface area contributed by atoms with Crippen molar-refractivity contribution in [2.24, 2.45) is 0 Å². The maximum Gasteiger partial charge on any atom is 0.409 e. The van der Waals surface area contributed by atoms with Gasteiger partial charge in [-0.2, -0.15) is 0 Å². The first-order chi connectivity index (χ1) is 15.4. The van der Waals surface area contributed by atoms with Gasteiger partial charge in [0, 0.05) is 48.8 Å². The minimum absolute atomic E-state index is 0.0126. The lowest BCUT2D eigenvalue weighted by atomic mass is 9.81.